The van der Waals surface area contributed by atoms with Gasteiger partial charge in [0.15, 0.2) is 0 Å². The van der Waals surface area contributed by atoms with E-state index in [2.05, 4.69) is 18.7 Å². The molecule has 1 fully saturated rings. The van der Waals surface area contributed by atoms with Crippen LogP contribution in [0, 0.1) is 5.92 Å². The van der Waals surface area contributed by atoms with Gasteiger partial charge in [0, 0.05) is 25.7 Å². The molecule has 3 heteroatoms. The summed E-state index contributed by atoms with van der Waals surface area (Å²) in [6.45, 7) is 7.28. The van der Waals surface area contributed by atoms with Crippen LogP contribution in [-0.4, -0.2) is 43.8 Å². The first-order valence-electron chi connectivity index (χ1n) is 5.13. The predicted octanol–water partition coefficient (Wildman–Crippen LogP) is 0.690. The molecule has 0 amide bonds. The first-order chi connectivity index (χ1) is 6.19. The van der Waals surface area contributed by atoms with Crippen molar-refractivity contribution in [2.45, 2.75) is 32.4 Å². The maximum absolute atomic E-state index is 5.67. The summed E-state index contributed by atoms with van der Waals surface area (Å²) in [4.78, 5) is 2.50. The van der Waals surface area contributed by atoms with Gasteiger partial charge in [-0.3, -0.25) is 4.90 Å². The lowest BCUT2D eigenvalue weighted by molar-refractivity contribution is 0.0941. The van der Waals surface area contributed by atoms with Crippen molar-refractivity contribution >= 4 is 0 Å². The van der Waals surface area contributed by atoms with Crippen molar-refractivity contribution in [1.29, 1.82) is 0 Å². The highest BCUT2D eigenvalue weighted by Gasteiger charge is 2.30. The lowest BCUT2D eigenvalue weighted by Gasteiger charge is -2.27. The lowest BCUT2D eigenvalue weighted by Crippen LogP contribution is -2.39. The molecular weight excluding hydrogens is 164 g/mol. The quantitative estimate of drug-likeness (QED) is 0.702. The van der Waals surface area contributed by atoms with Crippen molar-refractivity contribution in [2.75, 3.05) is 26.8 Å². The van der Waals surface area contributed by atoms with Crippen molar-refractivity contribution < 1.29 is 4.74 Å². The fraction of sp³-hybridized carbons (Fsp3) is 1.00. The SMILES string of the molecule is COCC(C)N1CC(CN)CC1C. The van der Waals surface area contributed by atoms with Crippen LogP contribution in [0.2, 0.25) is 0 Å². The fourth-order valence-corrected chi connectivity index (χ4v) is 2.29. The molecule has 3 unspecified atom stereocenters. The number of rotatable bonds is 4. The summed E-state index contributed by atoms with van der Waals surface area (Å²) < 4.78 is 5.16. The van der Waals surface area contributed by atoms with Crippen LogP contribution in [0.3, 0.4) is 0 Å². The van der Waals surface area contributed by atoms with Crippen LogP contribution in [0.15, 0.2) is 0 Å². The van der Waals surface area contributed by atoms with Gasteiger partial charge in [-0.2, -0.15) is 0 Å². The van der Waals surface area contributed by atoms with Crippen LogP contribution in [0.4, 0.5) is 0 Å². The number of likely N-dealkylation sites (tertiary alicyclic amines) is 1. The minimum Gasteiger partial charge on any atom is -0.383 e. The average molecular weight is 186 g/mol. The second-order valence-corrected chi connectivity index (χ2v) is 4.19. The minimum atomic E-state index is 0.525. The van der Waals surface area contributed by atoms with E-state index in [1.54, 1.807) is 7.11 Å². The Morgan fingerprint density at radius 3 is 2.77 bits per heavy atom. The zero-order valence-corrected chi connectivity index (χ0v) is 8.99. The van der Waals surface area contributed by atoms with Crippen molar-refractivity contribution in [3.8, 4) is 0 Å². The summed E-state index contributed by atoms with van der Waals surface area (Å²) >= 11 is 0. The molecule has 1 heterocycles. The smallest absolute Gasteiger partial charge is 0.0615 e. The highest BCUT2D eigenvalue weighted by Crippen LogP contribution is 2.24. The molecule has 1 saturated heterocycles. The molecule has 2 N–H and O–H groups in total. The monoisotopic (exact) mass is 186 g/mol. The Kier molecular flexibility index (Phi) is 4.16. The van der Waals surface area contributed by atoms with E-state index >= 15 is 0 Å². The van der Waals surface area contributed by atoms with Gasteiger partial charge in [0.05, 0.1) is 6.61 Å². The first-order valence-corrected chi connectivity index (χ1v) is 5.13. The summed E-state index contributed by atoms with van der Waals surface area (Å²) in [5.74, 6) is 0.689. The van der Waals surface area contributed by atoms with E-state index < -0.39 is 0 Å². The summed E-state index contributed by atoms with van der Waals surface area (Å²) in [5, 5.41) is 0. The Labute approximate surface area is 81.2 Å². The van der Waals surface area contributed by atoms with Gasteiger partial charge in [-0.25, -0.2) is 0 Å². The topological polar surface area (TPSA) is 38.5 Å². The van der Waals surface area contributed by atoms with Gasteiger partial charge < -0.3 is 10.5 Å². The standard InChI is InChI=1S/C10H22N2O/c1-8-4-10(5-11)6-12(8)9(2)7-13-3/h8-10H,4-7,11H2,1-3H3. The van der Waals surface area contributed by atoms with Gasteiger partial charge >= 0.3 is 0 Å². The maximum atomic E-state index is 5.67. The van der Waals surface area contributed by atoms with Crippen molar-refractivity contribution in [1.82, 2.24) is 4.90 Å². The molecule has 0 spiro atoms. The van der Waals surface area contributed by atoms with Crippen LogP contribution in [0.1, 0.15) is 20.3 Å². The first kappa shape index (κ1) is 11.0. The Bertz CT molecular complexity index is 152. The molecule has 1 aliphatic rings. The summed E-state index contributed by atoms with van der Waals surface area (Å²) in [6.07, 6.45) is 1.24. The largest absolute Gasteiger partial charge is 0.383 e. The average Bonchev–Trinajstić information content (AvgIpc) is 2.47. The number of nitrogens with zero attached hydrogens (tertiary/aromatic N) is 1. The number of hydrogen-bond donors (Lipinski definition) is 1. The molecular formula is C10H22N2O. The second-order valence-electron chi connectivity index (χ2n) is 4.19. The molecule has 0 aromatic rings. The number of methoxy groups -OCH3 is 1. The molecule has 0 radical (unpaired) electrons. The van der Waals surface area contributed by atoms with Crippen LogP contribution >= 0.6 is 0 Å². The summed E-state index contributed by atoms with van der Waals surface area (Å²) in [6, 6.07) is 1.19. The molecule has 1 aliphatic heterocycles. The third-order valence-corrected chi connectivity index (χ3v) is 3.02. The third kappa shape index (κ3) is 2.66. The Balaban J connectivity index is 2.41. The lowest BCUT2D eigenvalue weighted by atomic mass is 10.1. The second kappa shape index (κ2) is 4.94. The maximum Gasteiger partial charge on any atom is 0.0615 e. The van der Waals surface area contributed by atoms with Gasteiger partial charge in [0.1, 0.15) is 0 Å². The van der Waals surface area contributed by atoms with Crippen molar-refractivity contribution in [2.24, 2.45) is 11.7 Å². The van der Waals surface area contributed by atoms with Gasteiger partial charge in [0.2, 0.25) is 0 Å². The zero-order valence-electron chi connectivity index (χ0n) is 8.99. The van der Waals surface area contributed by atoms with E-state index in [-0.39, 0.29) is 0 Å². The van der Waals surface area contributed by atoms with Gasteiger partial charge in [-0.15, -0.1) is 0 Å². The van der Waals surface area contributed by atoms with Crippen LogP contribution in [0.25, 0.3) is 0 Å². The molecule has 0 saturated carbocycles. The molecule has 0 aromatic carbocycles. The number of hydrogen-bond acceptors (Lipinski definition) is 3. The van der Waals surface area contributed by atoms with E-state index in [4.69, 9.17) is 10.5 Å². The highest BCUT2D eigenvalue weighted by molar-refractivity contribution is 4.85. The molecule has 1 rings (SSSR count). The zero-order chi connectivity index (χ0) is 9.84. The number of nitrogens with two attached hydrogens (primary N) is 1. The predicted molar refractivity (Wildman–Crippen MR) is 54.7 cm³/mol. The Morgan fingerprint density at radius 1 is 1.62 bits per heavy atom. The van der Waals surface area contributed by atoms with E-state index in [0.29, 0.717) is 18.0 Å². The van der Waals surface area contributed by atoms with Crippen LogP contribution in [0.5, 0.6) is 0 Å². The van der Waals surface area contributed by atoms with Crippen LogP contribution < -0.4 is 5.73 Å². The normalized spacial score (nSPS) is 32.3. The van der Waals surface area contributed by atoms with E-state index in [1.165, 1.54) is 6.42 Å². The highest BCUT2D eigenvalue weighted by atomic mass is 16.5. The van der Waals surface area contributed by atoms with E-state index in [0.717, 1.165) is 19.7 Å². The minimum absolute atomic E-state index is 0.525. The molecule has 78 valence electrons. The van der Waals surface area contributed by atoms with E-state index in [9.17, 15) is 0 Å². The molecule has 0 aromatic heterocycles. The van der Waals surface area contributed by atoms with Gasteiger partial charge in [0.25, 0.3) is 0 Å². The Hall–Kier alpha value is -0.120. The number of ether oxygens (including phenoxy) is 1. The van der Waals surface area contributed by atoms with Crippen LogP contribution in [-0.2, 0) is 4.74 Å². The van der Waals surface area contributed by atoms with Gasteiger partial charge in [-0.1, -0.05) is 0 Å². The third-order valence-electron chi connectivity index (χ3n) is 3.02. The van der Waals surface area contributed by atoms with Gasteiger partial charge in [-0.05, 0) is 32.7 Å². The fourth-order valence-electron chi connectivity index (χ4n) is 2.29. The summed E-state index contributed by atoms with van der Waals surface area (Å²) in [7, 11) is 1.76. The van der Waals surface area contributed by atoms with Crippen molar-refractivity contribution in [3.63, 3.8) is 0 Å². The van der Waals surface area contributed by atoms with E-state index in [1.807, 2.05) is 0 Å². The molecule has 0 bridgehead atoms. The molecule has 13 heavy (non-hydrogen) atoms. The van der Waals surface area contributed by atoms with Crippen molar-refractivity contribution in [3.05, 3.63) is 0 Å². The Morgan fingerprint density at radius 2 is 2.31 bits per heavy atom. The molecule has 3 atom stereocenters. The molecule has 0 aliphatic carbocycles. The molecule has 3 nitrogen and oxygen atoms in total. The summed E-state index contributed by atoms with van der Waals surface area (Å²) in [5.41, 5.74) is 5.67.